The van der Waals surface area contributed by atoms with Gasteiger partial charge in [0.05, 0.1) is 29.3 Å². The minimum absolute atomic E-state index is 0.146. The Morgan fingerprint density at radius 1 is 1.12 bits per heavy atom. The number of rotatable bonds is 7. The summed E-state index contributed by atoms with van der Waals surface area (Å²) in [5, 5.41) is 6.10. The van der Waals surface area contributed by atoms with Crippen LogP contribution in [0.4, 0.5) is 5.13 Å². The van der Waals surface area contributed by atoms with Crippen molar-refractivity contribution >= 4 is 55.6 Å². The fraction of sp³-hybridized carbons (Fsp3) is 0.273. The molecule has 34 heavy (non-hydrogen) atoms. The Morgan fingerprint density at radius 2 is 1.82 bits per heavy atom. The van der Waals surface area contributed by atoms with Crippen LogP contribution in [0.1, 0.15) is 0 Å². The van der Waals surface area contributed by atoms with Crippen LogP contribution in [0.25, 0.3) is 11.3 Å². The number of amides is 1. The van der Waals surface area contributed by atoms with Crippen molar-refractivity contribution in [3.63, 3.8) is 0 Å². The molecule has 12 heteroatoms. The lowest BCUT2D eigenvalue weighted by molar-refractivity contribution is -0.117. The Hall–Kier alpha value is -2.21. The zero-order valence-electron chi connectivity index (χ0n) is 18.2. The highest BCUT2D eigenvalue weighted by molar-refractivity contribution is 7.89. The minimum Gasteiger partial charge on any atom is -0.497 e. The van der Waals surface area contributed by atoms with Gasteiger partial charge in [-0.2, -0.15) is 4.31 Å². The van der Waals surface area contributed by atoms with Crippen LogP contribution in [0, 0.1) is 0 Å². The Bertz CT molecular complexity index is 1270. The second-order valence-corrected chi connectivity index (χ2v) is 11.2. The standard InChI is InChI=1S/C22H22Cl2N4O4S2/c1-32-16-3-5-17(6-4-16)34(30,31)28-10-8-27(9-11-28)13-21(29)26-22-25-20(14-33-22)18-7-2-15(23)12-19(18)24/h2-7,12,14H,8-11,13H2,1H3,(H,25,26,29). The molecule has 8 nitrogen and oxygen atoms in total. The van der Waals surface area contributed by atoms with E-state index in [1.165, 1.54) is 34.9 Å². The smallest absolute Gasteiger partial charge is 0.243 e. The maximum Gasteiger partial charge on any atom is 0.243 e. The van der Waals surface area contributed by atoms with Gasteiger partial charge in [-0.1, -0.05) is 23.2 Å². The van der Waals surface area contributed by atoms with Crippen LogP contribution < -0.4 is 10.1 Å². The summed E-state index contributed by atoms with van der Waals surface area (Å²) in [4.78, 5) is 19.1. The molecular weight excluding hydrogens is 519 g/mol. The van der Waals surface area contributed by atoms with E-state index in [1.54, 1.807) is 30.3 Å². The van der Waals surface area contributed by atoms with E-state index >= 15 is 0 Å². The molecule has 2 heterocycles. The number of aromatic nitrogens is 1. The van der Waals surface area contributed by atoms with E-state index in [9.17, 15) is 13.2 Å². The number of hydrogen-bond acceptors (Lipinski definition) is 7. The number of hydrogen-bond donors (Lipinski definition) is 1. The van der Waals surface area contributed by atoms with Crippen LogP contribution in [-0.2, 0) is 14.8 Å². The van der Waals surface area contributed by atoms with Gasteiger partial charge in [0.15, 0.2) is 5.13 Å². The topological polar surface area (TPSA) is 91.8 Å². The molecule has 1 aliphatic rings. The van der Waals surface area contributed by atoms with Crippen LogP contribution >= 0.6 is 34.5 Å². The molecule has 1 fully saturated rings. The normalized spacial score (nSPS) is 15.3. The molecular formula is C22H22Cl2N4O4S2. The zero-order valence-corrected chi connectivity index (χ0v) is 21.3. The summed E-state index contributed by atoms with van der Waals surface area (Å²) < 4.78 is 32.3. The number of nitrogens with zero attached hydrogens (tertiary/aromatic N) is 3. The molecule has 3 aromatic rings. The van der Waals surface area contributed by atoms with Gasteiger partial charge in [-0.15, -0.1) is 11.3 Å². The van der Waals surface area contributed by atoms with Crippen molar-refractivity contribution < 1.29 is 17.9 Å². The van der Waals surface area contributed by atoms with Gasteiger partial charge >= 0.3 is 0 Å². The molecule has 4 rings (SSSR count). The molecule has 2 aromatic carbocycles. The molecule has 1 aliphatic heterocycles. The lowest BCUT2D eigenvalue weighted by atomic mass is 10.2. The van der Waals surface area contributed by atoms with Gasteiger partial charge in [0.1, 0.15) is 5.75 Å². The third kappa shape index (κ3) is 5.70. The van der Waals surface area contributed by atoms with Crippen LogP contribution in [0.15, 0.2) is 52.7 Å². The van der Waals surface area contributed by atoms with E-state index in [0.717, 1.165) is 5.56 Å². The predicted molar refractivity (Wildman–Crippen MR) is 134 cm³/mol. The van der Waals surface area contributed by atoms with Crippen LogP contribution in [0.3, 0.4) is 0 Å². The molecule has 1 saturated heterocycles. The van der Waals surface area contributed by atoms with E-state index in [1.807, 2.05) is 10.3 Å². The highest BCUT2D eigenvalue weighted by Gasteiger charge is 2.29. The maximum absolute atomic E-state index is 12.9. The second-order valence-electron chi connectivity index (χ2n) is 7.57. The first-order chi connectivity index (χ1) is 16.3. The Balaban J connectivity index is 1.30. The summed E-state index contributed by atoms with van der Waals surface area (Å²) in [7, 11) is -2.06. The number of carbonyl (C=O) groups excluding carboxylic acids is 1. The van der Waals surface area contributed by atoms with Gasteiger partial charge in [0, 0.05) is 42.1 Å². The third-order valence-electron chi connectivity index (χ3n) is 5.35. The molecule has 0 radical (unpaired) electrons. The third-order valence-corrected chi connectivity index (χ3v) is 8.57. The summed E-state index contributed by atoms with van der Waals surface area (Å²) in [6.45, 7) is 1.65. The minimum atomic E-state index is -3.59. The molecule has 0 unspecified atom stereocenters. The van der Waals surface area contributed by atoms with Crippen molar-refractivity contribution in [3.8, 4) is 17.0 Å². The molecule has 1 amide bonds. The number of halogens is 2. The largest absolute Gasteiger partial charge is 0.497 e. The van der Waals surface area contributed by atoms with Gasteiger partial charge in [-0.25, -0.2) is 13.4 Å². The molecule has 0 bridgehead atoms. The van der Waals surface area contributed by atoms with Gasteiger partial charge in [0.25, 0.3) is 0 Å². The summed E-state index contributed by atoms with van der Waals surface area (Å²) in [5.41, 5.74) is 1.39. The number of benzene rings is 2. The van der Waals surface area contributed by atoms with Gasteiger partial charge < -0.3 is 10.1 Å². The second kappa shape index (κ2) is 10.6. The molecule has 1 N–H and O–H groups in total. The fourth-order valence-corrected chi connectivity index (χ4v) is 6.19. The highest BCUT2D eigenvalue weighted by atomic mass is 35.5. The summed E-state index contributed by atoms with van der Waals surface area (Å²) >= 11 is 13.5. The predicted octanol–water partition coefficient (Wildman–Crippen LogP) is 4.07. The zero-order chi connectivity index (χ0) is 24.3. The van der Waals surface area contributed by atoms with Crippen molar-refractivity contribution in [2.75, 3.05) is 45.2 Å². The fourth-order valence-electron chi connectivity index (χ4n) is 3.54. The van der Waals surface area contributed by atoms with E-state index in [2.05, 4.69) is 10.3 Å². The molecule has 0 atom stereocenters. The number of sulfonamides is 1. The summed E-state index contributed by atoms with van der Waals surface area (Å²) in [6.07, 6.45) is 0. The van der Waals surface area contributed by atoms with Crippen molar-refractivity contribution in [2.45, 2.75) is 4.90 Å². The summed E-state index contributed by atoms with van der Waals surface area (Å²) in [6, 6.07) is 11.5. The number of ether oxygens (including phenoxy) is 1. The number of nitrogens with one attached hydrogen (secondary N) is 1. The number of anilines is 1. The van der Waals surface area contributed by atoms with Crippen molar-refractivity contribution in [3.05, 3.63) is 57.9 Å². The average molecular weight is 541 g/mol. The van der Waals surface area contributed by atoms with E-state index in [-0.39, 0.29) is 17.3 Å². The number of thiazole rings is 1. The van der Waals surface area contributed by atoms with Gasteiger partial charge in [-0.05, 0) is 42.5 Å². The van der Waals surface area contributed by atoms with Crippen LogP contribution in [0.2, 0.25) is 10.0 Å². The lowest BCUT2D eigenvalue weighted by Gasteiger charge is -2.33. The quantitative estimate of drug-likeness (QED) is 0.485. The number of carbonyl (C=O) groups is 1. The Morgan fingerprint density at radius 3 is 2.47 bits per heavy atom. The molecule has 1 aromatic heterocycles. The first-order valence-electron chi connectivity index (χ1n) is 10.3. The van der Waals surface area contributed by atoms with Crippen LogP contribution in [0.5, 0.6) is 5.75 Å². The molecule has 0 spiro atoms. The average Bonchev–Trinajstić information content (AvgIpc) is 3.27. The Labute approximate surface area is 212 Å². The van der Waals surface area contributed by atoms with E-state index in [0.29, 0.717) is 52.8 Å². The number of methoxy groups -OCH3 is 1. The Kier molecular flexibility index (Phi) is 7.76. The molecule has 180 valence electrons. The molecule has 0 saturated carbocycles. The van der Waals surface area contributed by atoms with E-state index in [4.69, 9.17) is 27.9 Å². The first-order valence-corrected chi connectivity index (χ1v) is 13.4. The monoisotopic (exact) mass is 540 g/mol. The van der Waals surface area contributed by atoms with E-state index < -0.39 is 10.0 Å². The van der Waals surface area contributed by atoms with Crippen molar-refractivity contribution in [2.24, 2.45) is 0 Å². The van der Waals surface area contributed by atoms with Crippen LogP contribution in [-0.4, -0.2) is 68.3 Å². The molecule has 0 aliphatic carbocycles. The maximum atomic E-state index is 12.9. The number of piperazine rings is 1. The lowest BCUT2D eigenvalue weighted by Crippen LogP contribution is -2.50. The SMILES string of the molecule is COc1ccc(S(=O)(=O)N2CCN(CC(=O)Nc3nc(-c4ccc(Cl)cc4Cl)cs3)CC2)cc1. The van der Waals surface area contributed by atoms with Gasteiger partial charge in [0.2, 0.25) is 15.9 Å². The summed E-state index contributed by atoms with van der Waals surface area (Å²) in [5.74, 6) is 0.382. The van der Waals surface area contributed by atoms with Crippen molar-refractivity contribution in [1.82, 2.24) is 14.2 Å². The first kappa shape index (κ1) is 24.9. The van der Waals surface area contributed by atoms with Crippen molar-refractivity contribution in [1.29, 1.82) is 0 Å². The van der Waals surface area contributed by atoms with Gasteiger partial charge in [-0.3, -0.25) is 9.69 Å². The highest BCUT2D eigenvalue weighted by Crippen LogP contribution is 2.32.